The molecule has 2 nitrogen and oxygen atoms in total. The second kappa shape index (κ2) is 5.64. The molecule has 0 fully saturated rings. The van der Waals surface area contributed by atoms with Crippen LogP contribution in [0.5, 0.6) is 0 Å². The van der Waals surface area contributed by atoms with Crippen molar-refractivity contribution in [3.8, 4) is 0 Å². The van der Waals surface area contributed by atoms with E-state index in [2.05, 4.69) is 5.32 Å². The van der Waals surface area contributed by atoms with Crippen molar-refractivity contribution in [1.82, 2.24) is 0 Å². The van der Waals surface area contributed by atoms with Crippen LogP contribution in [0.4, 0.5) is 18.9 Å². The summed E-state index contributed by atoms with van der Waals surface area (Å²) in [7, 11) is 0. The van der Waals surface area contributed by atoms with Gasteiger partial charge in [-0.1, -0.05) is 11.6 Å². The molecule has 0 aliphatic carbocycles. The van der Waals surface area contributed by atoms with E-state index < -0.39 is 11.7 Å². The van der Waals surface area contributed by atoms with Gasteiger partial charge in [-0.05, 0) is 45.0 Å². The van der Waals surface area contributed by atoms with Crippen molar-refractivity contribution in [3.05, 3.63) is 51.9 Å². The van der Waals surface area contributed by atoms with Crippen LogP contribution in [0, 0.1) is 13.8 Å². The van der Waals surface area contributed by atoms with E-state index in [1.165, 1.54) is 6.07 Å². The molecule has 6 heteroatoms. The molecular weight excluding hydrogens is 303 g/mol. The maximum Gasteiger partial charge on any atom is 0.416 e. The number of alkyl halides is 3. The molecular formula is C15H15ClF3NO. The third-order valence-corrected chi connectivity index (χ3v) is 3.37. The number of hydrogen-bond acceptors (Lipinski definition) is 2. The van der Waals surface area contributed by atoms with Gasteiger partial charge < -0.3 is 9.73 Å². The summed E-state index contributed by atoms with van der Waals surface area (Å²) in [5.74, 6) is 1.50. The number of furan rings is 1. The van der Waals surface area contributed by atoms with Crippen molar-refractivity contribution in [1.29, 1.82) is 0 Å². The summed E-state index contributed by atoms with van der Waals surface area (Å²) in [5, 5.41) is 3.06. The number of rotatable bonds is 3. The summed E-state index contributed by atoms with van der Waals surface area (Å²) in [4.78, 5) is 0. The van der Waals surface area contributed by atoms with Crippen LogP contribution in [0.2, 0.25) is 5.02 Å². The van der Waals surface area contributed by atoms with Crippen LogP contribution in [0.25, 0.3) is 0 Å². The van der Waals surface area contributed by atoms with Gasteiger partial charge in [0.1, 0.15) is 11.5 Å². The zero-order valence-corrected chi connectivity index (χ0v) is 12.6. The molecule has 1 unspecified atom stereocenters. The summed E-state index contributed by atoms with van der Waals surface area (Å²) in [5.41, 5.74) is 0.450. The molecule has 21 heavy (non-hydrogen) atoms. The predicted molar refractivity (Wildman–Crippen MR) is 76.7 cm³/mol. The van der Waals surface area contributed by atoms with Crippen LogP contribution in [-0.4, -0.2) is 0 Å². The lowest BCUT2D eigenvalue weighted by Crippen LogP contribution is -2.09. The van der Waals surface area contributed by atoms with Crippen LogP contribution in [-0.2, 0) is 6.18 Å². The normalized spacial score (nSPS) is 13.3. The fraction of sp³-hybridized carbons (Fsp3) is 0.333. The van der Waals surface area contributed by atoms with Gasteiger partial charge in [-0.3, -0.25) is 0 Å². The molecule has 1 heterocycles. The van der Waals surface area contributed by atoms with Gasteiger partial charge in [0.2, 0.25) is 0 Å². The zero-order valence-electron chi connectivity index (χ0n) is 11.8. The Balaban J connectivity index is 2.27. The molecule has 1 atom stereocenters. The van der Waals surface area contributed by atoms with Gasteiger partial charge in [0.15, 0.2) is 0 Å². The van der Waals surface area contributed by atoms with E-state index in [1.807, 2.05) is 26.8 Å². The fourth-order valence-corrected chi connectivity index (χ4v) is 2.48. The molecule has 114 valence electrons. The van der Waals surface area contributed by atoms with Gasteiger partial charge >= 0.3 is 6.18 Å². The maximum atomic E-state index is 12.8. The fourth-order valence-electron chi connectivity index (χ4n) is 2.24. The van der Waals surface area contributed by atoms with Crippen molar-refractivity contribution >= 4 is 17.3 Å². The minimum Gasteiger partial charge on any atom is -0.466 e. The smallest absolute Gasteiger partial charge is 0.416 e. The van der Waals surface area contributed by atoms with Crippen LogP contribution in [0.1, 0.15) is 35.6 Å². The minimum atomic E-state index is -4.42. The van der Waals surface area contributed by atoms with Gasteiger partial charge in [-0.15, -0.1) is 0 Å². The highest BCUT2D eigenvalue weighted by molar-refractivity contribution is 6.30. The first-order valence-corrected chi connectivity index (χ1v) is 6.76. The first-order valence-electron chi connectivity index (χ1n) is 6.38. The Morgan fingerprint density at radius 3 is 2.33 bits per heavy atom. The molecule has 1 aromatic heterocycles. The van der Waals surface area contributed by atoms with Crippen LogP contribution >= 0.6 is 11.6 Å². The van der Waals surface area contributed by atoms with Crippen molar-refractivity contribution in [2.24, 2.45) is 0 Å². The monoisotopic (exact) mass is 317 g/mol. The van der Waals surface area contributed by atoms with E-state index in [0.717, 1.165) is 29.2 Å². The van der Waals surface area contributed by atoms with E-state index in [-0.39, 0.29) is 11.1 Å². The first-order chi connectivity index (χ1) is 9.66. The van der Waals surface area contributed by atoms with Gasteiger partial charge in [0.25, 0.3) is 0 Å². The average molecular weight is 318 g/mol. The molecule has 0 aliphatic rings. The Morgan fingerprint density at radius 1 is 1.14 bits per heavy atom. The molecule has 0 amide bonds. The summed E-state index contributed by atoms with van der Waals surface area (Å²) in [6.45, 7) is 5.50. The minimum absolute atomic E-state index is 0.0413. The number of hydrogen-bond donors (Lipinski definition) is 1. The van der Waals surface area contributed by atoms with Gasteiger partial charge in [-0.2, -0.15) is 13.2 Å². The molecule has 1 aromatic carbocycles. The SMILES string of the molecule is Cc1cc(C(C)Nc2cc(Cl)cc(C(F)(F)F)c2)c(C)o1. The van der Waals surface area contributed by atoms with Crippen molar-refractivity contribution in [2.75, 3.05) is 5.32 Å². The molecule has 0 aliphatic heterocycles. The topological polar surface area (TPSA) is 25.2 Å². The Hall–Kier alpha value is -1.62. The highest BCUT2D eigenvalue weighted by Crippen LogP contribution is 2.34. The number of nitrogens with one attached hydrogen (secondary N) is 1. The average Bonchev–Trinajstić information content (AvgIpc) is 2.66. The second-order valence-electron chi connectivity index (χ2n) is 4.96. The molecule has 0 bridgehead atoms. The number of halogens is 4. The molecule has 0 spiro atoms. The molecule has 1 N–H and O–H groups in total. The van der Waals surface area contributed by atoms with Crippen LogP contribution < -0.4 is 5.32 Å². The third kappa shape index (κ3) is 3.73. The quantitative estimate of drug-likeness (QED) is 0.780. The molecule has 0 saturated heterocycles. The lowest BCUT2D eigenvalue weighted by atomic mass is 10.1. The maximum absolute atomic E-state index is 12.8. The van der Waals surface area contributed by atoms with Crippen molar-refractivity contribution in [3.63, 3.8) is 0 Å². The first kappa shape index (κ1) is 15.8. The molecule has 0 saturated carbocycles. The third-order valence-electron chi connectivity index (χ3n) is 3.15. The van der Waals surface area contributed by atoms with Crippen LogP contribution in [0.15, 0.2) is 28.7 Å². The largest absolute Gasteiger partial charge is 0.466 e. The zero-order chi connectivity index (χ0) is 15.8. The van der Waals surface area contributed by atoms with E-state index >= 15 is 0 Å². The lowest BCUT2D eigenvalue weighted by Gasteiger charge is -2.16. The summed E-state index contributed by atoms with van der Waals surface area (Å²) in [6.07, 6.45) is -4.42. The molecule has 2 rings (SSSR count). The highest BCUT2D eigenvalue weighted by Gasteiger charge is 2.31. The van der Waals surface area contributed by atoms with Gasteiger partial charge in [-0.25, -0.2) is 0 Å². The number of aryl methyl sites for hydroxylation is 2. The Bertz CT molecular complexity index is 649. The van der Waals surface area contributed by atoms with E-state index in [0.29, 0.717) is 5.69 Å². The van der Waals surface area contributed by atoms with E-state index in [9.17, 15) is 13.2 Å². The van der Waals surface area contributed by atoms with Gasteiger partial charge in [0.05, 0.1) is 11.6 Å². The van der Waals surface area contributed by atoms with E-state index in [1.54, 1.807) is 0 Å². The lowest BCUT2D eigenvalue weighted by molar-refractivity contribution is -0.137. The van der Waals surface area contributed by atoms with Crippen molar-refractivity contribution in [2.45, 2.75) is 33.0 Å². The highest BCUT2D eigenvalue weighted by atomic mass is 35.5. The molecule has 0 radical (unpaired) electrons. The summed E-state index contributed by atoms with van der Waals surface area (Å²) >= 11 is 5.76. The van der Waals surface area contributed by atoms with Gasteiger partial charge in [0, 0.05) is 16.3 Å². The van der Waals surface area contributed by atoms with Crippen molar-refractivity contribution < 1.29 is 17.6 Å². The standard InChI is InChI=1S/C15H15ClF3NO/c1-8-4-14(10(3)21-8)9(2)20-13-6-11(15(17,18)19)5-12(16)7-13/h4-7,9,20H,1-3H3. The Morgan fingerprint density at radius 2 is 1.81 bits per heavy atom. The number of benzene rings is 1. The molecule has 2 aromatic rings. The number of anilines is 1. The summed E-state index contributed by atoms with van der Waals surface area (Å²) < 4.78 is 43.8. The summed E-state index contributed by atoms with van der Waals surface area (Å²) in [6, 6.07) is 5.09. The Kier molecular flexibility index (Phi) is 4.23. The predicted octanol–water partition coefficient (Wildman–Crippen LogP) is 5.74. The Labute approximate surface area is 125 Å². The van der Waals surface area contributed by atoms with Crippen LogP contribution in [0.3, 0.4) is 0 Å². The van der Waals surface area contributed by atoms with E-state index in [4.69, 9.17) is 16.0 Å². The second-order valence-corrected chi connectivity index (χ2v) is 5.40.